The minimum atomic E-state index is -3.72. The average Bonchev–Trinajstić information content (AvgIpc) is 2.33. The first-order valence-electron chi connectivity index (χ1n) is 6.10. The van der Waals surface area contributed by atoms with Crippen LogP contribution in [0.15, 0.2) is 23.1 Å². The van der Waals surface area contributed by atoms with Crippen molar-refractivity contribution in [3.63, 3.8) is 0 Å². The summed E-state index contributed by atoms with van der Waals surface area (Å²) in [5.41, 5.74) is 5.38. The van der Waals surface area contributed by atoms with Gasteiger partial charge in [0.15, 0.2) is 0 Å². The predicted octanol–water partition coefficient (Wildman–Crippen LogP) is 1.50. The summed E-state index contributed by atoms with van der Waals surface area (Å²) in [4.78, 5) is -0.123. The van der Waals surface area contributed by atoms with Crippen LogP contribution < -0.4 is 10.5 Å². The molecule has 1 rings (SSSR count). The van der Waals surface area contributed by atoms with Gasteiger partial charge in [0.05, 0.1) is 12.3 Å². The molecule has 1 aromatic rings. The highest BCUT2D eigenvalue weighted by atomic mass is 32.2. The Morgan fingerprint density at radius 2 is 2.11 bits per heavy atom. The molecule has 0 fully saturated rings. The summed E-state index contributed by atoms with van der Waals surface area (Å²) in [5.74, 6) is -0.570. The number of hydrogen-bond donors (Lipinski definition) is 2. The van der Waals surface area contributed by atoms with E-state index in [-0.39, 0.29) is 17.1 Å². The summed E-state index contributed by atoms with van der Waals surface area (Å²) >= 11 is 0. The maximum atomic E-state index is 12.8. The van der Waals surface area contributed by atoms with Gasteiger partial charge in [0.1, 0.15) is 10.7 Å². The van der Waals surface area contributed by atoms with E-state index in [1.807, 2.05) is 6.92 Å². The first-order valence-corrected chi connectivity index (χ1v) is 7.58. The molecule has 0 aliphatic rings. The Bertz CT molecular complexity index is 506. The lowest BCUT2D eigenvalue weighted by molar-refractivity contribution is 0.136. The molecule has 0 unspecified atom stereocenters. The maximum Gasteiger partial charge on any atom is 0.242 e. The predicted molar refractivity (Wildman–Crippen MR) is 71.7 cm³/mol. The summed E-state index contributed by atoms with van der Waals surface area (Å²) in [6.45, 7) is 3.10. The number of nitrogen functional groups attached to an aromatic ring is 1. The Hall–Kier alpha value is -1.18. The second kappa shape index (κ2) is 7.42. The van der Waals surface area contributed by atoms with Crippen LogP contribution in [0.3, 0.4) is 0 Å². The van der Waals surface area contributed by atoms with E-state index in [9.17, 15) is 12.8 Å². The Balaban J connectivity index is 2.52. The van der Waals surface area contributed by atoms with Crippen molar-refractivity contribution < 1.29 is 17.5 Å². The minimum absolute atomic E-state index is 0.112. The molecule has 0 bridgehead atoms. The third-order valence-electron chi connectivity index (χ3n) is 2.44. The van der Waals surface area contributed by atoms with E-state index in [0.717, 1.165) is 31.0 Å². The topological polar surface area (TPSA) is 81.4 Å². The third kappa shape index (κ3) is 5.14. The molecule has 0 spiro atoms. The van der Waals surface area contributed by atoms with Crippen LogP contribution in [-0.4, -0.2) is 28.2 Å². The number of ether oxygens (including phenoxy) is 1. The molecule has 7 heteroatoms. The van der Waals surface area contributed by atoms with E-state index in [1.165, 1.54) is 0 Å². The third-order valence-corrected chi connectivity index (χ3v) is 3.98. The van der Waals surface area contributed by atoms with E-state index in [2.05, 4.69) is 4.72 Å². The highest BCUT2D eigenvalue weighted by Gasteiger charge is 2.17. The van der Waals surface area contributed by atoms with Crippen LogP contribution in [0, 0.1) is 5.82 Å². The normalized spacial score (nSPS) is 11.7. The van der Waals surface area contributed by atoms with Crippen LogP contribution in [0.25, 0.3) is 0 Å². The van der Waals surface area contributed by atoms with Crippen molar-refractivity contribution in [1.82, 2.24) is 4.72 Å². The van der Waals surface area contributed by atoms with Crippen molar-refractivity contribution in [2.24, 2.45) is 0 Å². The van der Waals surface area contributed by atoms with Gasteiger partial charge < -0.3 is 10.5 Å². The van der Waals surface area contributed by atoms with Crippen LogP contribution in [0.1, 0.15) is 19.8 Å². The fourth-order valence-corrected chi connectivity index (χ4v) is 2.56. The van der Waals surface area contributed by atoms with Crippen molar-refractivity contribution in [1.29, 1.82) is 0 Å². The van der Waals surface area contributed by atoms with Gasteiger partial charge in [-0.05, 0) is 24.6 Å². The van der Waals surface area contributed by atoms with E-state index in [0.29, 0.717) is 13.2 Å². The van der Waals surface area contributed by atoms with Crippen molar-refractivity contribution in [2.45, 2.75) is 24.7 Å². The summed E-state index contributed by atoms with van der Waals surface area (Å²) in [6, 6.07) is 3.18. The SMILES string of the molecule is CCCCOCCNS(=O)(=O)c1ccc(F)cc1N. The van der Waals surface area contributed by atoms with Crippen LogP contribution in [0.2, 0.25) is 0 Å². The van der Waals surface area contributed by atoms with Crippen LogP contribution in [-0.2, 0) is 14.8 Å². The zero-order chi connectivity index (χ0) is 14.3. The first kappa shape index (κ1) is 15.9. The Morgan fingerprint density at radius 1 is 1.37 bits per heavy atom. The molecule has 0 saturated carbocycles. The molecule has 1 aromatic carbocycles. The fourth-order valence-electron chi connectivity index (χ4n) is 1.44. The van der Waals surface area contributed by atoms with Gasteiger partial charge in [-0.25, -0.2) is 17.5 Å². The highest BCUT2D eigenvalue weighted by molar-refractivity contribution is 7.89. The lowest BCUT2D eigenvalue weighted by Gasteiger charge is -2.09. The van der Waals surface area contributed by atoms with Crippen LogP contribution in [0.5, 0.6) is 0 Å². The molecular weight excluding hydrogens is 271 g/mol. The number of anilines is 1. The summed E-state index contributed by atoms with van der Waals surface area (Å²) < 4.78 is 44.2. The standard InChI is InChI=1S/C12H19FN2O3S/c1-2-3-7-18-8-6-15-19(16,17)12-5-4-10(13)9-11(12)14/h4-5,9,15H,2-3,6-8,14H2,1H3. The largest absolute Gasteiger partial charge is 0.398 e. The van der Waals surface area contributed by atoms with Crippen molar-refractivity contribution in [2.75, 3.05) is 25.5 Å². The molecule has 0 atom stereocenters. The van der Waals surface area contributed by atoms with Crippen LogP contribution in [0.4, 0.5) is 10.1 Å². The summed E-state index contributed by atoms with van der Waals surface area (Å²) in [6.07, 6.45) is 1.97. The molecule has 108 valence electrons. The molecule has 19 heavy (non-hydrogen) atoms. The molecule has 0 aliphatic carbocycles. The number of sulfonamides is 1. The summed E-state index contributed by atoms with van der Waals surface area (Å²) in [5, 5.41) is 0. The number of nitrogens with two attached hydrogens (primary N) is 1. The number of halogens is 1. The molecular formula is C12H19FN2O3S. The van der Waals surface area contributed by atoms with Crippen molar-refractivity contribution in [3.05, 3.63) is 24.0 Å². The van der Waals surface area contributed by atoms with E-state index in [4.69, 9.17) is 10.5 Å². The number of benzene rings is 1. The molecule has 0 amide bonds. The second-order valence-corrected chi connectivity index (χ2v) is 5.78. The molecule has 3 N–H and O–H groups in total. The zero-order valence-corrected chi connectivity index (χ0v) is 11.7. The van der Waals surface area contributed by atoms with E-state index in [1.54, 1.807) is 0 Å². The number of nitrogens with one attached hydrogen (secondary N) is 1. The highest BCUT2D eigenvalue weighted by Crippen LogP contribution is 2.18. The van der Waals surface area contributed by atoms with Crippen LogP contribution >= 0.6 is 0 Å². The summed E-state index contributed by atoms with van der Waals surface area (Å²) in [7, 11) is -3.72. The quantitative estimate of drug-likeness (QED) is 0.561. The Labute approximate surface area is 113 Å². The second-order valence-electron chi connectivity index (χ2n) is 4.05. The van der Waals surface area contributed by atoms with E-state index < -0.39 is 15.8 Å². The van der Waals surface area contributed by atoms with Gasteiger partial charge in [-0.1, -0.05) is 13.3 Å². The Morgan fingerprint density at radius 3 is 2.74 bits per heavy atom. The molecule has 5 nitrogen and oxygen atoms in total. The molecule has 0 saturated heterocycles. The lowest BCUT2D eigenvalue weighted by Crippen LogP contribution is -2.28. The van der Waals surface area contributed by atoms with E-state index >= 15 is 0 Å². The number of unbranched alkanes of at least 4 members (excludes halogenated alkanes) is 1. The smallest absolute Gasteiger partial charge is 0.242 e. The van der Waals surface area contributed by atoms with Gasteiger partial charge in [-0.3, -0.25) is 0 Å². The lowest BCUT2D eigenvalue weighted by atomic mass is 10.3. The Kier molecular flexibility index (Phi) is 6.20. The van der Waals surface area contributed by atoms with Gasteiger partial charge in [0.25, 0.3) is 0 Å². The van der Waals surface area contributed by atoms with Crippen molar-refractivity contribution >= 4 is 15.7 Å². The molecule has 0 radical (unpaired) electrons. The van der Waals surface area contributed by atoms with Gasteiger partial charge >= 0.3 is 0 Å². The van der Waals surface area contributed by atoms with Crippen molar-refractivity contribution in [3.8, 4) is 0 Å². The fraction of sp³-hybridized carbons (Fsp3) is 0.500. The van der Waals surface area contributed by atoms with Gasteiger partial charge in [0, 0.05) is 13.2 Å². The molecule has 0 aromatic heterocycles. The zero-order valence-electron chi connectivity index (χ0n) is 10.9. The average molecular weight is 290 g/mol. The number of rotatable bonds is 8. The van der Waals surface area contributed by atoms with Gasteiger partial charge in [-0.15, -0.1) is 0 Å². The first-order chi connectivity index (χ1) is 8.97. The molecule has 0 heterocycles. The van der Waals surface area contributed by atoms with Gasteiger partial charge in [-0.2, -0.15) is 0 Å². The minimum Gasteiger partial charge on any atom is -0.398 e. The monoisotopic (exact) mass is 290 g/mol. The molecule has 0 aliphatic heterocycles. The maximum absolute atomic E-state index is 12.8. The van der Waals surface area contributed by atoms with Gasteiger partial charge in [0.2, 0.25) is 10.0 Å². The number of hydrogen-bond acceptors (Lipinski definition) is 4.